The summed E-state index contributed by atoms with van der Waals surface area (Å²) in [5, 5.41) is 0.648. The van der Waals surface area contributed by atoms with Crippen molar-refractivity contribution < 1.29 is 9.18 Å². The number of hydrogen-bond acceptors (Lipinski definition) is 5. The molecule has 0 saturated carbocycles. The molecule has 3 aromatic rings. The van der Waals surface area contributed by atoms with Crippen molar-refractivity contribution in [3.8, 4) is 0 Å². The molecule has 0 saturated heterocycles. The van der Waals surface area contributed by atoms with E-state index >= 15 is 0 Å². The molecule has 0 radical (unpaired) electrons. The normalized spacial score (nSPS) is 11.2. The van der Waals surface area contributed by atoms with Crippen molar-refractivity contribution in [1.82, 2.24) is 14.3 Å². The van der Waals surface area contributed by atoms with Gasteiger partial charge in [0.1, 0.15) is 5.65 Å². The summed E-state index contributed by atoms with van der Waals surface area (Å²) < 4.78 is 20.1. The van der Waals surface area contributed by atoms with Crippen LogP contribution in [-0.4, -0.2) is 34.2 Å². The zero-order valence-electron chi connectivity index (χ0n) is 12.9. The van der Waals surface area contributed by atoms with Crippen LogP contribution in [0.5, 0.6) is 0 Å². The number of hydrogen-bond donors (Lipinski definition) is 2. The molecule has 5 nitrogen and oxygen atoms in total. The number of ketones is 1. The lowest BCUT2D eigenvalue weighted by Gasteiger charge is -2.12. The lowest BCUT2D eigenvalue weighted by Crippen LogP contribution is -2.08. The van der Waals surface area contributed by atoms with E-state index < -0.39 is 11.6 Å². The van der Waals surface area contributed by atoms with E-state index in [0.29, 0.717) is 16.6 Å². The fourth-order valence-electron chi connectivity index (χ4n) is 2.24. The monoisotopic (exact) mass is 408 g/mol. The number of carbonyl (C=O) groups excluding carboxylic acids is 1. The number of nitrogens with zero attached hydrogens (tertiary/aromatic N) is 2. The van der Waals surface area contributed by atoms with E-state index in [2.05, 4.69) is 30.6 Å². The predicted molar refractivity (Wildman–Crippen MR) is 98.5 cm³/mol. The summed E-state index contributed by atoms with van der Waals surface area (Å²) in [4.78, 5) is 19.9. The highest BCUT2D eigenvalue weighted by molar-refractivity contribution is 9.10. The molecule has 1 aromatic carbocycles. The summed E-state index contributed by atoms with van der Waals surface area (Å²) in [5.74, 6) is -0.966. The van der Waals surface area contributed by atoms with Gasteiger partial charge in [-0.25, -0.2) is 13.7 Å². The number of rotatable bonds is 5. The average molecular weight is 409 g/mol. The molecule has 0 amide bonds. The van der Waals surface area contributed by atoms with Crippen molar-refractivity contribution in [3.05, 3.63) is 58.1 Å². The quantitative estimate of drug-likeness (QED) is 0.488. The molecule has 2 N–H and O–H groups in total. The second-order valence-corrected chi connectivity index (χ2v) is 7.29. The molecule has 0 spiro atoms. The van der Waals surface area contributed by atoms with Crippen LogP contribution >= 0.6 is 28.1 Å². The molecular formula is C16H14BrFN4OS. The van der Waals surface area contributed by atoms with Gasteiger partial charge in [-0.05, 0) is 48.2 Å². The number of halogens is 2. The van der Waals surface area contributed by atoms with Gasteiger partial charge in [0.05, 0.1) is 11.3 Å². The van der Waals surface area contributed by atoms with E-state index in [9.17, 15) is 9.18 Å². The SMILES string of the molecule is CN(C)SNc1cccc(C(=O)c2c[nH]c3ncc(Br)cc23)c1F. The Bertz CT molecular complexity index is 912. The van der Waals surface area contributed by atoms with Gasteiger partial charge in [0.15, 0.2) is 11.6 Å². The van der Waals surface area contributed by atoms with E-state index in [0.717, 1.165) is 4.47 Å². The molecule has 124 valence electrons. The van der Waals surface area contributed by atoms with Crippen LogP contribution in [0.3, 0.4) is 0 Å². The van der Waals surface area contributed by atoms with E-state index in [-0.39, 0.29) is 11.3 Å². The number of aromatic amines is 1. The van der Waals surface area contributed by atoms with Gasteiger partial charge in [-0.15, -0.1) is 0 Å². The van der Waals surface area contributed by atoms with Gasteiger partial charge in [-0.3, -0.25) is 4.79 Å². The Morgan fingerprint density at radius 2 is 2.17 bits per heavy atom. The summed E-state index contributed by atoms with van der Waals surface area (Å²) in [6.45, 7) is 0. The van der Waals surface area contributed by atoms with Crippen molar-refractivity contribution in [1.29, 1.82) is 0 Å². The van der Waals surface area contributed by atoms with Crippen LogP contribution in [0, 0.1) is 5.82 Å². The molecule has 0 aliphatic carbocycles. The number of nitrogens with one attached hydrogen (secondary N) is 2. The third-order valence-corrected chi connectivity index (χ3v) is 4.43. The maximum atomic E-state index is 14.7. The predicted octanol–water partition coefficient (Wildman–Crippen LogP) is 4.23. The Kier molecular flexibility index (Phi) is 4.88. The molecule has 0 bridgehead atoms. The molecule has 8 heteroatoms. The Labute approximate surface area is 151 Å². The minimum Gasteiger partial charge on any atom is -0.345 e. The van der Waals surface area contributed by atoms with Crippen LogP contribution in [0.25, 0.3) is 11.0 Å². The van der Waals surface area contributed by atoms with E-state index in [1.54, 1.807) is 34.9 Å². The number of aromatic nitrogens is 2. The van der Waals surface area contributed by atoms with E-state index in [1.165, 1.54) is 18.2 Å². The first-order valence-electron chi connectivity index (χ1n) is 7.03. The molecule has 2 aromatic heterocycles. The smallest absolute Gasteiger partial charge is 0.198 e. The van der Waals surface area contributed by atoms with Crippen LogP contribution in [0.1, 0.15) is 15.9 Å². The Morgan fingerprint density at radius 1 is 1.38 bits per heavy atom. The van der Waals surface area contributed by atoms with Gasteiger partial charge >= 0.3 is 0 Å². The van der Waals surface area contributed by atoms with Gasteiger partial charge in [0.2, 0.25) is 0 Å². The maximum absolute atomic E-state index is 14.7. The second-order valence-electron chi connectivity index (χ2n) is 5.25. The molecule has 0 atom stereocenters. The van der Waals surface area contributed by atoms with Gasteiger partial charge in [0, 0.05) is 40.0 Å². The van der Waals surface area contributed by atoms with Crippen LogP contribution in [0.15, 0.2) is 41.1 Å². The number of benzene rings is 1. The number of pyridine rings is 1. The summed E-state index contributed by atoms with van der Waals surface area (Å²) >= 11 is 4.57. The van der Waals surface area contributed by atoms with Gasteiger partial charge in [0.25, 0.3) is 0 Å². The van der Waals surface area contributed by atoms with Crippen molar-refractivity contribution in [3.63, 3.8) is 0 Å². The highest BCUT2D eigenvalue weighted by Crippen LogP contribution is 2.27. The highest BCUT2D eigenvalue weighted by atomic mass is 79.9. The Balaban J connectivity index is 2.00. The van der Waals surface area contributed by atoms with Crippen LogP contribution in [0.2, 0.25) is 0 Å². The van der Waals surface area contributed by atoms with E-state index in [4.69, 9.17) is 0 Å². The van der Waals surface area contributed by atoms with Crippen LogP contribution in [-0.2, 0) is 0 Å². The van der Waals surface area contributed by atoms with Crippen molar-refractivity contribution in [2.45, 2.75) is 0 Å². The molecule has 0 aliphatic heterocycles. The van der Waals surface area contributed by atoms with Crippen molar-refractivity contribution >= 4 is 50.6 Å². The average Bonchev–Trinajstić information content (AvgIpc) is 2.96. The summed E-state index contributed by atoms with van der Waals surface area (Å²) in [7, 11) is 3.67. The summed E-state index contributed by atoms with van der Waals surface area (Å²) in [6.07, 6.45) is 3.19. The third-order valence-electron chi connectivity index (χ3n) is 3.32. The molecule has 3 rings (SSSR count). The molecular weight excluding hydrogens is 395 g/mol. The lowest BCUT2D eigenvalue weighted by atomic mass is 10.0. The van der Waals surface area contributed by atoms with Gasteiger partial charge in [-0.2, -0.15) is 0 Å². The topological polar surface area (TPSA) is 61.0 Å². The van der Waals surface area contributed by atoms with E-state index in [1.807, 2.05) is 14.1 Å². The Morgan fingerprint density at radius 3 is 2.92 bits per heavy atom. The van der Waals surface area contributed by atoms with Crippen LogP contribution < -0.4 is 4.72 Å². The minimum atomic E-state index is -0.575. The first-order valence-corrected chi connectivity index (χ1v) is 8.60. The van der Waals surface area contributed by atoms with Crippen molar-refractivity contribution in [2.24, 2.45) is 0 Å². The number of H-pyrrole nitrogens is 1. The first kappa shape index (κ1) is 16.9. The molecule has 0 fully saturated rings. The summed E-state index contributed by atoms with van der Waals surface area (Å²) in [5.41, 5.74) is 1.24. The summed E-state index contributed by atoms with van der Waals surface area (Å²) in [6, 6.07) is 6.51. The maximum Gasteiger partial charge on any atom is 0.198 e. The number of carbonyl (C=O) groups is 1. The second kappa shape index (κ2) is 6.92. The standard InChI is InChI=1S/C16H14BrFN4OS/c1-22(2)24-21-13-5-3-4-10(14(13)18)15(23)12-8-20-16-11(12)6-9(17)7-19-16/h3-8,21H,1-2H3,(H,19,20). The zero-order chi connectivity index (χ0) is 17.3. The van der Waals surface area contributed by atoms with Crippen molar-refractivity contribution in [2.75, 3.05) is 18.8 Å². The largest absolute Gasteiger partial charge is 0.345 e. The third kappa shape index (κ3) is 3.31. The highest BCUT2D eigenvalue weighted by Gasteiger charge is 2.20. The molecule has 0 aliphatic rings. The fraction of sp³-hybridized carbons (Fsp3) is 0.125. The molecule has 0 unspecified atom stereocenters. The van der Waals surface area contributed by atoms with Crippen LogP contribution in [0.4, 0.5) is 10.1 Å². The number of anilines is 1. The minimum absolute atomic E-state index is 0.0141. The number of fused-ring (bicyclic) bond motifs is 1. The molecule has 24 heavy (non-hydrogen) atoms. The fourth-order valence-corrected chi connectivity index (χ4v) is 3.01. The zero-order valence-corrected chi connectivity index (χ0v) is 15.3. The molecule has 2 heterocycles. The lowest BCUT2D eigenvalue weighted by molar-refractivity contribution is 0.103. The first-order chi connectivity index (χ1) is 11.5. The Hall–Kier alpha value is -1.90. The van der Waals surface area contributed by atoms with Gasteiger partial charge in [-0.1, -0.05) is 6.07 Å². The van der Waals surface area contributed by atoms with Gasteiger partial charge < -0.3 is 9.71 Å².